The lowest BCUT2D eigenvalue weighted by Gasteiger charge is -2.09. The summed E-state index contributed by atoms with van der Waals surface area (Å²) in [6.07, 6.45) is 1.50. The number of carbonyl (C=O) groups excluding carboxylic acids is 2. The molecule has 0 aliphatic carbocycles. The van der Waals surface area contributed by atoms with Crippen LogP contribution in [0.5, 0.6) is 17.2 Å². The van der Waals surface area contributed by atoms with Gasteiger partial charge in [-0.05, 0) is 75.6 Å². The molecule has 4 rings (SSSR count). The van der Waals surface area contributed by atoms with Gasteiger partial charge in [-0.25, -0.2) is 5.43 Å². The first-order valence-electron chi connectivity index (χ1n) is 10.1. The number of benzene rings is 3. The molecule has 0 radical (unpaired) electrons. The highest BCUT2D eigenvalue weighted by atomic mass is 79.9. The Hall–Kier alpha value is -3.37. The van der Waals surface area contributed by atoms with Gasteiger partial charge in [0.25, 0.3) is 11.8 Å². The predicted molar refractivity (Wildman–Crippen MR) is 133 cm³/mol. The third-order valence-corrected chi connectivity index (χ3v) is 5.86. The van der Waals surface area contributed by atoms with Crippen LogP contribution in [0.4, 0.5) is 0 Å². The van der Waals surface area contributed by atoms with Crippen molar-refractivity contribution in [1.29, 1.82) is 0 Å². The Morgan fingerprint density at radius 1 is 1.00 bits per heavy atom. The minimum atomic E-state index is -0.459. The van der Waals surface area contributed by atoms with Gasteiger partial charge in [0, 0.05) is 10.0 Å². The van der Waals surface area contributed by atoms with Gasteiger partial charge in [0.15, 0.2) is 11.5 Å². The smallest absolute Gasteiger partial charge is 0.259 e. The number of amides is 2. The number of hydrogen-bond donors (Lipinski definition) is 2. The number of fused-ring (bicyclic) bond motifs is 1. The molecule has 0 spiro atoms. The SMILES string of the molecule is O=C(CNC(=O)c1ccc2c(c1)OCO2)NN=Cc1ccc(OCc2ccc(Br)cc2)c(Br)c1. The molecule has 1 heterocycles. The summed E-state index contributed by atoms with van der Waals surface area (Å²) in [5.74, 6) is 0.909. The average molecular weight is 589 g/mol. The Morgan fingerprint density at radius 2 is 1.79 bits per heavy atom. The summed E-state index contributed by atoms with van der Waals surface area (Å²) in [6, 6.07) is 18.2. The highest BCUT2D eigenvalue weighted by Crippen LogP contribution is 2.32. The van der Waals surface area contributed by atoms with E-state index in [2.05, 4.69) is 47.7 Å². The molecule has 3 aromatic carbocycles. The van der Waals surface area contributed by atoms with Crippen molar-refractivity contribution in [3.63, 3.8) is 0 Å². The van der Waals surface area contributed by atoms with Gasteiger partial charge in [-0.1, -0.05) is 28.1 Å². The van der Waals surface area contributed by atoms with Gasteiger partial charge in [-0.15, -0.1) is 0 Å². The van der Waals surface area contributed by atoms with Gasteiger partial charge >= 0.3 is 0 Å². The Bertz CT molecular complexity index is 1230. The fraction of sp³-hybridized carbons (Fsp3) is 0.125. The van der Waals surface area contributed by atoms with Crippen LogP contribution in [0.1, 0.15) is 21.5 Å². The summed E-state index contributed by atoms with van der Waals surface area (Å²) in [6.45, 7) is 0.337. The number of hydrogen-bond acceptors (Lipinski definition) is 6. The van der Waals surface area contributed by atoms with Crippen molar-refractivity contribution in [2.24, 2.45) is 5.10 Å². The quantitative estimate of drug-likeness (QED) is 0.300. The maximum atomic E-state index is 12.2. The first-order chi connectivity index (χ1) is 16.5. The first-order valence-corrected chi connectivity index (χ1v) is 11.7. The molecule has 2 amide bonds. The molecule has 0 fully saturated rings. The van der Waals surface area contributed by atoms with E-state index in [4.69, 9.17) is 14.2 Å². The van der Waals surface area contributed by atoms with Crippen molar-refractivity contribution >= 4 is 49.9 Å². The number of carbonyl (C=O) groups is 2. The lowest BCUT2D eigenvalue weighted by atomic mass is 10.2. The average Bonchev–Trinajstić information content (AvgIpc) is 3.31. The number of hydrazone groups is 1. The van der Waals surface area contributed by atoms with Gasteiger partial charge in [0.1, 0.15) is 12.4 Å². The molecule has 174 valence electrons. The normalized spacial score (nSPS) is 11.9. The van der Waals surface area contributed by atoms with Crippen molar-refractivity contribution in [2.75, 3.05) is 13.3 Å². The highest BCUT2D eigenvalue weighted by molar-refractivity contribution is 9.10. The zero-order chi connectivity index (χ0) is 23.9. The summed E-state index contributed by atoms with van der Waals surface area (Å²) < 4.78 is 18.1. The van der Waals surface area contributed by atoms with Crippen LogP contribution in [0.3, 0.4) is 0 Å². The van der Waals surface area contributed by atoms with E-state index in [0.717, 1.165) is 20.1 Å². The number of rotatable bonds is 8. The summed E-state index contributed by atoms with van der Waals surface area (Å²) in [5, 5.41) is 6.47. The van der Waals surface area contributed by atoms with Crippen LogP contribution >= 0.6 is 31.9 Å². The molecule has 0 bridgehead atoms. The maximum absolute atomic E-state index is 12.2. The summed E-state index contributed by atoms with van der Waals surface area (Å²) in [5.41, 5.74) is 4.56. The Kier molecular flexibility index (Phi) is 7.81. The van der Waals surface area contributed by atoms with Gasteiger partial charge in [0.05, 0.1) is 17.2 Å². The van der Waals surface area contributed by atoms with Crippen LogP contribution in [0.25, 0.3) is 0 Å². The summed E-state index contributed by atoms with van der Waals surface area (Å²) in [4.78, 5) is 24.2. The molecule has 2 N–H and O–H groups in total. The molecular weight excluding hydrogens is 570 g/mol. The largest absolute Gasteiger partial charge is 0.488 e. The Balaban J connectivity index is 1.23. The zero-order valence-electron chi connectivity index (χ0n) is 17.7. The highest BCUT2D eigenvalue weighted by Gasteiger charge is 2.16. The molecule has 8 nitrogen and oxygen atoms in total. The predicted octanol–water partition coefficient (Wildman–Crippen LogP) is 4.40. The molecular formula is C24H19Br2N3O5. The second-order valence-corrected chi connectivity index (χ2v) is 8.92. The van der Waals surface area contributed by atoms with Crippen molar-refractivity contribution in [3.05, 3.63) is 86.3 Å². The van der Waals surface area contributed by atoms with E-state index in [-0.39, 0.29) is 13.3 Å². The van der Waals surface area contributed by atoms with E-state index in [1.54, 1.807) is 18.2 Å². The van der Waals surface area contributed by atoms with Crippen molar-refractivity contribution in [2.45, 2.75) is 6.61 Å². The van der Waals surface area contributed by atoms with Crippen LogP contribution in [-0.4, -0.2) is 31.4 Å². The minimum Gasteiger partial charge on any atom is -0.488 e. The maximum Gasteiger partial charge on any atom is 0.259 e. The van der Waals surface area contributed by atoms with E-state index < -0.39 is 11.8 Å². The lowest BCUT2D eigenvalue weighted by Crippen LogP contribution is -2.34. The fourth-order valence-electron chi connectivity index (χ4n) is 2.97. The molecule has 10 heteroatoms. The Labute approximate surface area is 212 Å². The van der Waals surface area contributed by atoms with Gasteiger partial charge < -0.3 is 19.5 Å². The lowest BCUT2D eigenvalue weighted by molar-refractivity contribution is -0.120. The first kappa shape index (κ1) is 23.8. The zero-order valence-corrected chi connectivity index (χ0v) is 20.9. The second kappa shape index (κ2) is 11.2. The van der Waals surface area contributed by atoms with E-state index in [1.165, 1.54) is 6.21 Å². The standard InChI is InChI=1S/C24H19Br2N3O5/c25-18-5-1-15(2-6-18)13-32-20-7-3-16(9-19(20)26)11-28-29-23(30)12-27-24(31)17-4-8-21-22(10-17)34-14-33-21/h1-11H,12-14H2,(H,27,31)(H,29,30). The molecule has 34 heavy (non-hydrogen) atoms. The van der Waals surface area contributed by atoms with E-state index in [9.17, 15) is 9.59 Å². The topological polar surface area (TPSA) is 98.3 Å². The number of halogens is 2. The van der Waals surface area contributed by atoms with Crippen molar-refractivity contribution < 1.29 is 23.8 Å². The van der Waals surface area contributed by atoms with E-state index >= 15 is 0 Å². The van der Waals surface area contributed by atoms with Crippen LogP contribution in [0.15, 0.2) is 74.7 Å². The molecule has 0 saturated heterocycles. The van der Waals surface area contributed by atoms with E-state index in [1.807, 2.05) is 42.5 Å². The monoisotopic (exact) mass is 587 g/mol. The van der Waals surface area contributed by atoms with Gasteiger partial charge in [-0.2, -0.15) is 5.10 Å². The molecule has 0 atom stereocenters. The van der Waals surface area contributed by atoms with Gasteiger partial charge in [0.2, 0.25) is 6.79 Å². The second-order valence-electron chi connectivity index (χ2n) is 7.15. The number of nitrogens with zero attached hydrogens (tertiary/aromatic N) is 1. The molecule has 0 unspecified atom stereocenters. The molecule has 0 saturated carbocycles. The summed E-state index contributed by atoms with van der Waals surface area (Å²) >= 11 is 6.90. The van der Waals surface area contributed by atoms with E-state index in [0.29, 0.717) is 29.4 Å². The molecule has 1 aliphatic heterocycles. The Morgan fingerprint density at radius 3 is 2.59 bits per heavy atom. The van der Waals surface area contributed by atoms with Crippen molar-refractivity contribution in [1.82, 2.24) is 10.7 Å². The third kappa shape index (κ3) is 6.36. The van der Waals surface area contributed by atoms with Gasteiger partial charge in [-0.3, -0.25) is 9.59 Å². The van der Waals surface area contributed by atoms with Crippen LogP contribution in [0, 0.1) is 0 Å². The van der Waals surface area contributed by atoms with Crippen LogP contribution in [0.2, 0.25) is 0 Å². The summed E-state index contributed by atoms with van der Waals surface area (Å²) in [7, 11) is 0. The molecule has 3 aromatic rings. The molecule has 1 aliphatic rings. The minimum absolute atomic E-state index is 0.124. The van der Waals surface area contributed by atoms with Crippen LogP contribution < -0.4 is 25.0 Å². The molecule has 0 aromatic heterocycles. The number of ether oxygens (including phenoxy) is 3. The van der Waals surface area contributed by atoms with Crippen LogP contribution in [-0.2, 0) is 11.4 Å². The number of nitrogens with one attached hydrogen (secondary N) is 2. The fourth-order valence-corrected chi connectivity index (χ4v) is 3.75. The third-order valence-electron chi connectivity index (χ3n) is 4.71. The van der Waals surface area contributed by atoms with Crippen molar-refractivity contribution in [3.8, 4) is 17.2 Å².